The first-order valence-corrected chi connectivity index (χ1v) is 6.05. The van der Waals surface area contributed by atoms with E-state index >= 15 is 0 Å². The maximum Gasteiger partial charge on any atom is 0.236 e. The highest BCUT2D eigenvalue weighted by atomic mass is 16.1. The van der Waals surface area contributed by atoms with E-state index in [1.165, 1.54) is 32.1 Å². The van der Waals surface area contributed by atoms with E-state index in [4.69, 9.17) is 5.73 Å². The standard InChI is InChI=1S/C11H21N3O/c12-11(15)10-8-13-6-7-14(10)9-4-2-1-3-5-9/h9-10,13H,1-8H2,(H2,12,15). The zero-order chi connectivity index (χ0) is 10.7. The first-order valence-electron chi connectivity index (χ1n) is 6.05. The average Bonchev–Trinajstić information content (AvgIpc) is 2.30. The molecule has 0 aromatic heterocycles. The lowest BCUT2D eigenvalue weighted by molar-refractivity contribution is -0.125. The van der Waals surface area contributed by atoms with Crippen LogP contribution in [0.2, 0.25) is 0 Å². The number of nitrogens with two attached hydrogens (primary N) is 1. The lowest BCUT2D eigenvalue weighted by Crippen LogP contribution is -2.60. The van der Waals surface area contributed by atoms with Gasteiger partial charge in [-0.3, -0.25) is 9.69 Å². The van der Waals surface area contributed by atoms with Crippen LogP contribution >= 0.6 is 0 Å². The summed E-state index contributed by atoms with van der Waals surface area (Å²) in [7, 11) is 0. The van der Waals surface area contributed by atoms with Crippen LogP contribution in [0, 0.1) is 0 Å². The zero-order valence-corrected chi connectivity index (χ0v) is 9.24. The SMILES string of the molecule is NC(=O)C1CNCCN1C1CCCCC1. The van der Waals surface area contributed by atoms with Crippen molar-refractivity contribution in [1.29, 1.82) is 0 Å². The molecule has 86 valence electrons. The molecule has 2 fully saturated rings. The van der Waals surface area contributed by atoms with Crippen LogP contribution in [-0.4, -0.2) is 42.5 Å². The first kappa shape index (κ1) is 10.9. The quantitative estimate of drug-likeness (QED) is 0.680. The summed E-state index contributed by atoms with van der Waals surface area (Å²) < 4.78 is 0. The van der Waals surface area contributed by atoms with E-state index in [2.05, 4.69) is 10.2 Å². The van der Waals surface area contributed by atoms with Gasteiger partial charge in [-0.15, -0.1) is 0 Å². The second-order valence-corrected chi connectivity index (χ2v) is 4.65. The van der Waals surface area contributed by atoms with Gasteiger partial charge in [-0.25, -0.2) is 0 Å². The highest BCUT2D eigenvalue weighted by Crippen LogP contribution is 2.24. The van der Waals surface area contributed by atoms with Crippen LogP contribution < -0.4 is 11.1 Å². The molecule has 1 amide bonds. The van der Waals surface area contributed by atoms with Crippen molar-refractivity contribution in [1.82, 2.24) is 10.2 Å². The average molecular weight is 211 g/mol. The molecule has 1 aliphatic carbocycles. The molecule has 1 saturated carbocycles. The van der Waals surface area contributed by atoms with E-state index in [1.807, 2.05) is 0 Å². The number of hydrogen-bond donors (Lipinski definition) is 2. The molecule has 3 N–H and O–H groups in total. The summed E-state index contributed by atoms with van der Waals surface area (Å²) >= 11 is 0. The summed E-state index contributed by atoms with van der Waals surface area (Å²) in [4.78, 5) is 13.7. The lowest BCUT2D eigenvalue weighted by Gasteiger charge is -2.41. The molecule has 4 nitrogen and oxygen atoms in total. The predicted molar refractivity (Wildman–Crippen MR) is 59.4 cm³/mol. The molecule has 0 aromatic rings. The Morgan fingerprint density at radius 3 is 2.67 bits per heavy atom. The normalized spacial score (nSPS) is 30.3. The van der Waals surface area contributed by atoms with Gasteiger partial charge >= 0.3 is 0 Å². The smallest absolute Gasteiger partial charge is 0.236 e. The van der Waals surface area contributed by atoms with Crippen molar-refractivity contribution in [3.05, 3.63) is 0 Å². The highest BCUT2D eigenvalue weighted by Gasteiger charge is 2.32. The molecular weight excluding hydrogens is 190 g/mol. The van der Waals surface area contributed by atoms with E-state index < -0.39 is 0 Å². The van der Waals surface area contributed by atoms with Crippen LogP contribution in [0.4, 0.5) is 0 Å². The van der Waals surface area contributed by atoms with Crippen molar-refractivity contribution in [2.75, 3.05) is 19.6 Å². The van der Waals surface area contributed by atoms with E-state index in [0.717, 1.165) is 19.6 Å². The summed E-state index contributed by atoms with van der Waals surface area (Å²) in [6.07, 6.45) is 6.44. The summed E-state index contributed by atoms with van der Waals surface area (Å²) in [6, 6.07) is 0.514. The number of piperazine rings is 1. The number of nitrogens with one attached hydrogen (secondary N) is 1. The van der Waals surface area contributed by atoms with Gasteiger partial charge in [0, 0.05) is 25.7 Å². The molecule has 1 saturated heterocycles. The Hall–Kier alpha value is -0.610. The van der Waals surface area contributed by atoms with Gasteiger partial charge < -0.3 is 11.1 Å². The van der Waals surface area contributed by atoms with Gasteiger partial charge in [0.2, 0.25) is 5.91 Å². The Labute approximate surface area is 91.2 Å². The molecule has 0 spiro atoms. The maximum absolute atomic E-state index is 11.3. The summed E-state index contributed by atoms with van der Waals surface area (Å²) in [5.41, 5.74) is 5.44. The van der Waals surface area contributed by atoms with Crippen molar-refractivity contribution in [2.24, 2.45) is 5.73 Å². The second kappa shape index (κ2) is 4.94. The van der Waals surface area contributed by atoms with Crippen LogP contribution in [0.25, 0.3) is 0 Å². The van der Waals surface area contributed by atoms with Crippen LogP contribution in [0.1, 0.15) is 32.1 Å². The van der Waals surface area contributed by atoms with Crippen LogP contribution in [0.3, 0.4) is 0 Å². The van der Waals surface area contributed by atoms with Crippen molar-refractivity contribution in [3.63, 3.8) is 0 Å². The van der Waals surface area contributed by atoms with Crippen molar-refractivity contribution >= 4 is 5.91 Å². The Kier molecular flexibility index (Phi) is 3.59. The van der Waals surface area contributed by atoms with Crippen LogP contribution in [0.5, 0.6) is 0 Å². The summed E-state index contributed by atoms with van der Waals surface area (Å²) in [6.45, 7) is 2.68. The number of nitrogens with zero attached hydrogens (tertiary/aromatic N) is 1. The number of primary amides is 1. The Bertz CT molecular complexity index is 226. The third kappa shape index (κ3) is 2.49. The molecule has 0 aromatic carbocycles. The molecule has 1 unspecified atom stereocenters. The minimum Gasteiger partial charge on any atom is -0.368 e. The molecule has 0 bridgehead atoms. The minimum absolute atomic E-state index is 0.0816. The van der Waals surface area contributed by atoms with Crippen LogP contribution in [0.15, 0.2) is 0 Å². The fraction of sp³-hybridized carbons (Fsp3) is 0.909. The number of hydrogen-bond acceptors (Lipinski definition) is 3. The topological polar surface area (TPSA) is 58.4 Å². The first-order chi connectivity index (χ1) is 7.29. The molecule has 2 aliphatic rings. The van der Waals surface area contributed by atoms with Gasteiger partial charge in [0.15, 0.2) is 0 Å². The van der Waals surface area contributed by atoms with Gasteiger partial charge in [0.1, 0.15) is 6.04 Å². The minimum atomic E-state index is -0.173. The highest BCUT2D eigenvalue weighted by molar-refractivity contribution is 5.80. The molecular formula is C11H21N3O. The van der Waals surface area contributed by atoms with Gasteiger partial charge in [-0.05, 0) is 12.8 Å². The molecule has 1 aliphatic heterocycles. The zero-order valence-electron chi connectivity index (χ0n) is 9.24. The lowest BCUT2D eigenvalue weighted by atomic mass is 9.92. The number of rotatable bonds is 2. The fourth-order valence-electron chi connectivity index (χ4n) is 2.83. The molecule has 0 radical (unpaired) electrons. The largest absolute Gasteiger partial charge is 0.368 e. The number of amides is 1. The second-order valence-electron chi connectivity index (χ2n) is 4.65. The molecule has 1 heterocycles. The van der Waals surface area contributed by atoms with E-state index in [9.17, 15) is 4.79 Å². The number of carbonyl (C=O) groups excluding carboxylic acids is 1. The monoisotopic (exact) mass is 211 g/mol. The Morgan fingerprint density at radius 1 is 1.27 bits per heavy atom. The van der Waals surface area contributed by atoms with Crippen molar-refractivity contribution < 1.29 is 4.79 Å². The summed E-state index contributed by atoms with van der Waals surface area (Å²) in [5, 5.41) is 3.24. The van der Waals surface area contributed by atoms with Gasteiger partial charge in [-0.1, -0.05) is 19.3 Å². The van der Waals surface area contributed by atoms with Gasteiger partial charge in [0.05, 0.1) is 0 Å². The maximum atomic E-state index is 11.3. The van der Waals surface area contributed by atoms with E-state index in [0.29, 0.717) is 6.04 Å². The predicted octanol–water partition coefficient (Wildman–Crippen LogP) is 0.0782. The van der Waals surface area contributed by atoms with E-state index in [1.54, 1.807) is 0 Å². The van der Waals surface area contributed by atoms with Gasteiger partial charge in [-0.2, -0.15) is 0 Å². The van der Waals surface area contributed by atoms with Crippen molar-refractivity contribution in [2.45, 2.75) is 44.2 Å². The molecule has 2 rings (SSSR count). The Balaban J connectivity index is 1.99. The molecule has 4 heteroatoms. The summed E-state index contributed by atoms with van der Waals surface area (Å²) in [5.74, 6) is -0.173. The third-order valence-electron chi connectivity index (χ3n) is 3.66. The van der Waals surface area contributed by atoms with Crippen molar-refractivity contribution in [3.8, 4) is 0 Å². The fourth-order valence-corrected chi connectivity index (χ4v) is 2.83. The van der Waals surface area contributed by atoms with Crippen LogP contribution in [-0.2, 0) is 4.79 Å². The molecule has 15 heavy (non-hydrogen) atoms. The number of carbonyl (C=O) groups is 1. The third-order valence-corrected chi connectivity index (χ3v) is 3.66. The molecule has 1 atom stereocenters. The Morgan fingerprint density at radius 2 is 2.00 bits per heavy atom. The van der Waals surface area contributed by atoms with E-state index in [-0.39, 0.29) is 11.9 Å². The van der Waals surface area contributed by atoms with Gasteiger partial charge in [0.25, 0.3) is 0 Å².